The largest absolute Gasteiger partial charge is 0.469 e. The minimum atomic E-state index is -2.01. The lowest BCUT2D eigenvalue weighted by molar-refractivity contribution is -0.138. The van der Waals surface area contributed by atoms with Gasteiger partial charge in [0, 0.05) is 25.0 Å². The minimum Gasteiger partial charge on any atom is -0.469 e. The Morgan fingerprint density at radius 1 is 0.540 bits per heavy atom. The number of hydrogen-bond acceptors (Lipinski definition) is 11. The molecule has 2 heterocycles. The monoisotopic (exact) mass is 975 g/mol. The van der Waals surface area contributed by atoms with Gasteiger partial charge in [-0.3, -0.25) is 9.59 Å². The highest BCUT2D eigenvalue weighted by atomic mass is 28.4. The van der Waals surface area contributed by atoms with Gasteiger partial charge in [-0.2, -0.15) is 0 Å². The van der Waals surface area contributed by atoms with E-state index in [2.05, 4.69) is 160 Å². The summed E-state index contributed by atoms with van der Waals surface area (Å²) in [6, 6.07) is 0.628. The third-order valence-corrected chi connectivity index (χ3v) is 34.5. The van der Waals surface area contributed by atoms with Gasteiger partial charge >= 0.3 is 11.9 Å². The molecule has 2 saturated carbocycles. The van der Waals surface area contributed by atoms with Crippen molar-refractivity contribution in [1.29, 1.82) is 0 Å². The molecule has 2 aliphatic carbocycles. The number of hydrogen-bond donors (Lipinski definition) is 0. The van der Waals surface area contributed by atoms with Crippen molar-refractivity contribution < 1.29 is 51.0 Å². The molecule has 63 heavy (non-hydrogen) atoms. The van der Waals surface area contributed by atoms with E-state index < -0.39 is 52.5 Å². The van der Waals surface area contributed by atoms with Gasteiger partial charge in [0.05, 0.1) is 59.9 Å². The van der Waals surface area contributed by atoms with Gasteiger partial charge in [0.2, 0.25) is 0 Å². The Hall–Kier alpha value is -0.806. The number of epoxide rings is 2. The van der Waals surface area contributed by atoms with E-state index in [1.807, 2.05) is 0 Å². The van der Waals surface area contributed by atoms with Crippen LogP contribution in [0.3, 0.4) is 0 Å². The summed E-state index contributed by atoms with van der Waals surface area (Å²) in [5, 5.41) is 0.420. The van der Waals surface area contributed by atoms with Crippen molar-refractivity contribution in [3.63, 3.8) is 0 Å². The Kier molecular flexibility index (Phi) is 18.5. The van der Waals surface area contributed by atoms with Gasteiger partial charge in [-0.25, -0.2) is 4.79 Å². The van der Waals surface area contributed by atoms with Crippen LogP contribution in [-0.2, 0) is 51.0 Å². The lowest BCUT2D eigenvalue weighted by atomic mass is 9.81. The summed E-state index contributed by atoms with van der Waals surface area (Å²) in [5.74, 6) is -0.146. The second kappa shape index (κ2) is 20.0. The molecule has 4 fully saturated rings. The van der Waals surface area contributed by atoms with Crippen molar-refractivity contribution in [1.82, 2.24) is 0 Å². The molecule has 368 valence electrons. The highest BCUT2D eigenvalue weighted by Crippen LogP contribution is 2.53. The zero-order valence-electron chi connectivity index (χ0n) is 44.8. The predicted molar refractivity (Wildman–Crippen MR) is 269 cm³/mol. The van der Waals surface area contributed by atoms with Crippen LogP contribution in [0, 0.1) is 0 Å². The van der Waals surface area contributed by atoms with Crippen molar-refractivity contribution >= 4 is 59.1 Å². The number of ketones is 1. The van der Waals surface area contributed by atoms with Crippen LogP contribution in [0.15, 0.2) is 11.6 Å². The summed E-state index contributed by atoms with van der Waals surface area (Å²) in [6.45, 7) is 52.7. The fourth-order valence-corrected chi connectivity index (χ4v) is 13.0. The molecule has 0 aromatic heterocycles. The number of rotatable bonds is 11. The van der Waals surface area contributed by atoms with E-state index in [4.69, 9.17) is 31.9 Å². The molecule has 0 bridgehead atoms. The van der Waals surface area contributed by atoms with Gasteiger partial charge < -0.3 is 36.7 Å². The standard InChI is InChI=1S/C22H42O5Si2.C19H38O4Si2.C6H14O2Si/c1-20(2,3)28(8,9)26-17-12-16(14-19(23)24-7)13-18(22(17)15-25-22)27-29(10,11)21(4,5)6;1-17(2,3)24(7,8)22-15-11-14(20)12-16(19(15)13-21-19)23-25(9,10)18(4,5)6;1-8-6(7)5-9(2,3)4/h14,17-18H,12-13,15H2,1-11H3;15-16H,11-13H2,1-10H3;5H2,1-4H3/t17-,18-,22?;15-,16-;/m11./s1. The normalized spacial score (nSPS) is 25.7. The molecule has 0 unspecified atom stereocenters. The molecule has 2 spiro atoms. The fourth-order valence-electron chi connectivity index (χ4n) is 6.62. The molecular weight excluding hydrogens is 881 g/mol. The molecule has 0 amide bonds. The smallest absolute Gasteiger partial charge is 0.330 e. The molecule has 4 aliphatic rings. The van der Waals surface area contributed by atoms with E-state index in [1.54, 1.807) is 6.08 Å². The summed E-state index contributed by atoms with van der Waals surface area (Å²) in [4.78, 5) is 35.1. The first-order valence-electron chi connectivity index (χ1n) is 23.3. The highest BCUT2D eigenvalue weighted by Gasteiger charge is 2.65. The van der Waals surface area contributed by atoms with E-state index in [0.717, 1.165) is 5.57 Å². The number of ether oxygens (including phenoxy) is 4. The first-order chi connectivity index (χ1) is 27.9. The average Bonchev–Trinajstić information content (AvgIpc) is 3.99. The van der Waals surface area contributed by atoms with E-state index in [1.165, 1.54) is 14.2 Å². The zero-order chi connectivity index (χ0) is 49.4. The van der Waals surface area contributed by atoms with Crippen LogP contribution in [0.2, 0.25) is 98.2 Å². The maximum absolute atomic E-state index is 12.5. The van der Waals surface area contributed by atoms with Crippen LogP contribution in [0.1, 0.15) is 109 Å². The molecule has 0 radical (unpaired) electrons. The topological polar surface area (TPSA) is 132 Å². The molecule has 0 N–H and O–H groups in total. The molecule has 2 aliphatic heterocycles. The van der Waals surface area contributed by atoms with E-state index in [9.17, 15) is 14.4 Å². The van der Waals surface area contributed by atoms with Gasteiger partial charge in [-0.15, -0.1) is 0 Å². The number of carbonyl (C=O) groups is 3. The second-order valence-corrected chi connectivity index (χ2v) is 50.4. The van der Waals surface area contributed by atoms with Gasteiger partial charge in [-0.1, -0.05) is 108 Å². The van der Waals surface area contributed by atoms with Gasteiger partial charge in [-0.05, 0) is 85.4 Å². The lowest BCUT2D eigenvalue weighted by Gasteiger charge is -2.47. The lowest BCUT2D eigenvalue weighted by Crippen LogP contribution is -2.58. The highest BCUT2D eigenvalue weighted by molar-refractivity contribution is 6.78. The molecule has 4 rings (SSSR count). The maximum atomic E-state index is 12.5. The van der Waals surface area contributed by atoms with Gasteiger partial charge in [0.25, 0.3) is 0 Å². The first kappa shape index (κ1) is 58.3. The molecule has 0 aromatic carbocycles. The Morgan fingerprint density at radius 3 is 1.00 bits per heavy atom. The van der Waals surface area contributed by atoms with Crippen molar-refractivity contribution in [2.75, 3.05) is 27.4 Å². The van der Waals surface area contributed by atoms with Crippen LogP contribution in [0.4, 0.5) is 0 Å². The van der Waals surface area contributed by atoms with Crippen molar-refractivity contribution in [3.05, 3.63) is 11.6 Å². The Balaban J connectivity index is 0.000000366. The minimum absolute atomic E-state index is 0.0748. The Morgan fingerprint density at radius 2 is 0.810 bits per heavy atom. The van der Waals surface area contributed by atoms with E-state index in [0.29, 0.717) is 44.9 Å². The third-order valence-electron chi connectivity index (χ3n) is 15.3. The van der Waals surface area contributed by atoms with Crippen LogP contribution in [-0.4, -0.2) is 122 Å². The molecule has 11 nitrogen and oxygen atoms in total. The van der Waals surface area contributed by atoms with Crippen LogP contribution in [0.5, 0.6) is 0 Å². The predicted octanol–water partition coefficient (Wildman–Crippen LogP) is 11.8. The third kappa shape index (κ3) is 15.3. The van der Waals surface area contributed by atoms with Gasteiger partial charge in [0.15, 0.2) is 33.3 Å². The fraction of sp³-hybridized carbons (Fsp3) is 0.894. The molecule has 2 saturated heterocycles. The zero-order valence-corrected chi connectivity index (χ0v) is 49.8. The molecule has 0 aromatic rings. The van der Waals surface area contributed by atoms with Crippen molar-refractivity contribution in [3.8, 4) is 0 Å². The first-order valence-corrected chi connectivity index (χ1v) is 38.6. The average molecular weight is 976 g/mol. The Labute approximate surface area is 390 Å². The number of esters is 2. The van der Waals surface area contributed by atoms with Gasteiger partial charge in [0.1, 0.15) is 17.0 Å². The maximum Gasteiger partial charge on any atom is 0.330 e. The molecule has 4 atom stereocenters. The van der Waals surface area contributed by atoms with Crippen LogP contribution in [0.25, 0.3) is 0 Å². The second-order valence-electron chi connectivity index (χ2n) is 25.9. The number of Topliss-reactive ketones (excluding diaryl/α,β-unsaturated/α-hetero) is 1. The Bertz CT molecular complexity index is 1530. The van der Waals surface area contributed by atoms with Crippen LogP contribution >= 0.6 is 0 Å². The molecule has 16 heteroatoms. The summed E-state index contributed by atoms with van der Waals surface area (Å²) < 4.78 is 48.5. The van der Waals surface area contributed by atoms with E-state index >= 15 is 0 Å². The van der Waals surface area contributed by atoms with E-state index in [-0.39, 0.29) is 62.3 Å². The summed E-state index contributed by atoms with van der Waals surface area (Å²) in [7, 11) is -6.33. The number of carbonyl (C=O) groups excluding carboxylic acids is 3. The quantitative estimate of drug-likeness (QED) is 0.0848. The summed E-state index contributed by atoms with van der Waals surface area (Å²) in [5.41, 5.74) is 0.239. The van der Waals surface area contributed by atoms with Crippen molar-refractivity contribution in [2.24, 2.45) is 0 Å². The number of methoxy groups -OCH3 is 2. The van der Waals surface area contributed by atoms with Crippen molar-refractivity contribution in [2.45, 2.75) is 243 Å². The summed E-state index contributed by atoms with van der Waals surface area (Å²) >= 11 is 0. The summed E-state index contributed by atoms with van der Waals surface area (Å²) in [6.07, 6.45) is 3.42. The SMILES string of the molecule is CC(C)(C)[Si](C)(C)O[C@@H]1CC(=O)C[C@@H](O[Si](C)(C)C(C)(C)C)C12CO2.COC(=O)C=C1C[C@@H](O[Si](C)(C)C(C)(C)C)C2(CO2)[C@H](O[Si](C)(C)C(C)(C)C)C1.COC(=O)C[Si](C)(C)C. The van der Waals surface area contributed by atoms with Crippen LogP contribution < -0.4 is 0 Å². The molecular formula is C47H94O11Si5.